The molecule has 0 aliphatic heterocycles. The van der Waals surface area contributed by atoms with E-state index in [0.717, 1.165) is 0 Å². The van der Waals surface area contributed by atoms with E-state index in [1.807, 2.05) is 0 Å². The van der Waals surface area contributed by atoms with E-state index in [1.54, 1.807) is 0 Å². The molecule has 0 fully saturated rings. The molecule has 0 saturated heterocycles. The topological polar surface area (TPSA) is 54.0 Å². The molecular formula is C3H4F3O3S. The first-order valence-electron chi connectivity index (χ1n) is 2.17. The average Bonchev–Trinajstić information content (AvgIpc) is 1.62. The molecule has 0 rings (SSSR count). The van der Waals surface area contributed by atoms with Crippen molar-refractivity contribution in [1.82, 2.24) is 0 Å². The lowest BCUT2D eigenvalue weighted by atomic mass is 10.5. The van der Waals surface area contributed by atoms with E-state index in [0.29, 0.717) is 6.92 Å². The quantitative estimate of drug-likeness (QED) is 0.623. The molecule has 1 atom stereocenters. The third-order valence-corrected chi connectivity index (χ3v) is 1.79. The summed E-state index contributed by atoms with van der Waals surface area (Å²) >= 11 is 0. The number of hydrogen-bond acceptors (Lipinski definition) is 2. The maximum Gasteiger partial charge on any atom is 0.402 e. The molecule has 1 radical (unpaired) electrons. The summed E-state index contributed by atoms with van der Waals surface area (Å²) in [5.41, 5.74) is 0. The van der Waals surface area contributed by atoms with Crippen LogP contribution in [-0.2, 0) is 14.7 Å². The van der Waals surface area contributed by atoms with Crippen molar-refractivity contribution in [2.24, 2.45) is 0 Å². The first-order valence-corrected chi connectivity index (χ1v) is 3.57. The Morgan fingerprint density at radius 3 is 1.70 bits per heavy atom. The molecule has 0 bridgehead atoms. The number of rotatable bonds is 2. The summed E-state index contributed by atoms with van der Waals surface area (Å²) < 4.78 is 63.8. The zero-order chi connectivity index (χ0) is 8.58. The number of alkyl halides is 3. The molecule has 0 aliphatic rings. The van der Waals surface area contributed by atoms with Gasteiger partial charge in [-0.15, -0.1) is 0 Å². The average molecular weight is 177 g/mol. The molecule has 0 N–H and O–H groups in total. The van der Waals surface area contributed by atoms with Crippen LogP contribution in [-0.4, -0.2) is 19.8 Å². The lowest BCUT2D eigenvalue weighted by Crippen LogP contribution is -2.35. The molecule has 0 amide bonds. The van der Waals surface area contributed by atoms with Crippen LogP contribution in [0.5, 0.6) is 0 Å². The highest BCUT2D eigenvalue weighted by atomic mass is 32.2. The first-order chi connectivity index (χ1) is 4.19. The van der Waals surface area contributed by atoms with Crippen LogP contribution in [0.4, 0.5) is 13.2 Å². The van der Waals surface area contributed by atoms with Gasteiger partial charge in [-0.05, 0) is 6.92 Å². The molecule has 0 heterocycles. The zero-order valence-corrected chi connectivity index (χ0v) is 5.66. The van der Waals surface area contributed by atoms with Crippen molar-refractivity contribution < 1.29 is 26.1 Å². The third kappa shape index (κ3) is 1.60. The van der Waals surface area contributed by atoms with Gasteiger partial charge in [-0.1, -0.05) is 4.55 Å². The molecular weight excluding hydrogens is 173 g/mol. The standard InChI is InChI=1S/C3H4F3O3S/c1-2(4)3(5,6)10(7,8)9/h2H,1H3. The third-order valence-electron chi connectivity index (χ3n) is 0.796. The second kappa shape index (κ2) is 2.39. The van der Waals surface area contributed by atoms with Crippen LogP contribution >= 0.6 is 0 Å². The smallest absolute Gasteiger partial charge is 0.240 e. The fourth-order valence-corrected chi connectivity index (χ4v) is 0.597. The Bertz CT molecular complexity index is 207. The predicted molar refractivity (Wildman–Crippen MR) is 25.1 cm³/mol. The van der Waals surface area contributed by atoms with Crippen LogP contribution in [0.15, 0.2) is 0 Å². The van der Waals surface area contributed by atoms with E-state index in [-0.39, 0.29) is 0 Å². The van der Waals surface area contributed by atoms with Crippen molar-refractivity contribution in [3.63, 3.8) is 0 Å². The van der Waals surface area contributed by atoms with Gasteiger partial charge in [0.15, 0.2) is 6.17 Å². The minimum absolute atomic E-state index is 0.301. The summed E-state index contributed by atoms with van der Waals surface area (Å²) in [6.45, 7) is 0.301. The van der Waals surface area contributed by atoms with E-state index in [9.17, 15) is 26.1 Å². The molecule has 0 spiro atoms. The largest absolute Gasteiger partial charge is 0.402 e. The van der Waals surface area contributed by atoms with Crippen molar-refractivity contribution >= 4 is 10.1 Å². The monoisotopic (exact) mass is 177 g/mol. The normalized spacial score (nSPS) is 16.9. The summed E-state index contributed by atoms with van der Waals surface area (Å²) in [4.78, 5) is 0. The van der Waals surface area contributed by atoms with Gasteiger partial charge in [-0.25, -0.2) is 4.39 Å². The Labute approximate surface area is 55.6 Å². The summed E-state index contributed by atoms with van der Waals surface area (Å²) in [5, 5.41) is -4.81. The fourth-order valence-electron chi connectivity index (χ4n) is 0.199. The Morgan fingerprint density at radius 1 is 1.40 bits per heavy atom. The highest BCUT2D eigenvalue weighted by Crippen LogP contribution is 2.26. The van der Waals surface area contributed by atoms with Crippen molar-refractivity contribution in [1.29, 1.82) is 0 Å². The molecule has 0 saturated carbocycles. The van der Waals surface area contributed by atoms with Crippen molar-refractivity contribution in [3.8, 4) is 0 Å². The molecule has 0 aliphatic carbocycles. The van der Waals surface area contributed by atoms with Crippen molar-refractivity contribution in [2.75, 3.05) is 0 Å². The van der Waals surface area contributed by atoms with Gasteiger partial charge in [-0.3, -0.25) is 0 Å². The van der Waals surface area contributed by atoms with Crippen molar-refractivity contribution in [3.05, 3.63) is 0 Å². The number of hydrogen-bond donors (Lipinski definition) is 0. The SMILES string of the molecule is CC(F)C(F)(F)S([O])(=O)=O. The molecule has 1 unspecified atom stereocenters. The van der Waals surface area contributed by atoms with Gasteiger partial charge in [0, 0.05) is 0 Å². The predicted octanol–water partition coefficient (Wildman–Crippen LogP) is 0.698. The fraction of sp³-hybridized carbons (Fsp3) is 1.00. The van der Waals surface area contributed by atoms with Gasteiger partial charge in [0.05, 0.1) is 0 Å². The Balaban J connectivity index is 4.76. The zero-order valence-electron chi connectivity index (χ0n) is 4.84. The van der Waals surface area contributed by atoms with Crippen LogP contribution in [0.1, 0.15) is 6.92 Å². The molecule has 3 nitrogen and oxygen atoms in total. The lowest BCUT2D eigenvalue weighted by molar-refractivity contribution is 0.00339. The summed E-state index contributed by atoms with van der Waals surface area (Å²) in [6, 6.07) is 0. The molecule has 7 heteroatoms. The van der Waals surface area contributed by atoms with Crippen LogP contribution in [0.25, 0.3) is 0 Å². The molecule has 0 aromatic rings. The van der Waals surface area contributed by atoms with Gasteiger partial charge in [0.2, 0.25) is 0 Å². The van der Waals surface area contributed by atoms with Gasteiger partial charge >= 0.3 is 15.4 Å². The molecule has 0 aromatic carbocycles. The van der Waals surface area contributed by atoms with E-state index < -0.39 is 21.5 Å². The highest BCUT2D eigenvalue weighted by molar-refractivity contribution is 7.86. The maximum absolute atomic E-state index is 11.8. The summed E-state index contributed by atoms with van der Waals surface area (Å²) in [6.07, 6.45) is -2.98. The Kier molecular flexibility index (Phi) is 2.32. The molecule has 0 aromatic heterocycles. The summed E-state index contributed by atoms with van der Waals surface area (Å²) in [7, 11) is -5.86. The molecule has 61 valence electrons. The second-order valence-electron chi connectivity index (χ2n) is 1.63. The highest BCUT2D eigenvalue weighted by Gasteiger charge is 2.51. The van der Waals surface area contributed by atoms with Gasteiger partial charge in [-0.2, -0.15) is 17.2 Å². The summed E-state index contributed by atoms with van der Waals surface area (Å²) in [5.74, 6) is 0. The van der Waals surface area contributed by atoms with Crippen LogP contribution in [0.3, 0.4) is 0 Å². The van der Waals surface area contributed by atoms with Crippen LogP contribution < -0.4 is 0 Å². The minimum atomic E-state index is -5.86. The Morgan fingerprint density at radius 2 is 1.70 bits per heavy atom. The van der Waals surface area contributed by atoms with E-state index in [4.69, 9.17) is 0 Å². The molecule has 10 heavy (non-hydrogen) atoms. The van der Waals surface area contributed by atoms with E-state index >= 15 is 0 Å². The minimum Gasteiger partial charge on any atom is -0.240 e. The van der Waals surface area contributed by atoms with Crippen molar-refractivity contribution in [2.45, 2.75) is 18.3 Å². The van der Waals surface area contributed by atoms with E-state index in [2.05, 4.69) is 0 Å². The van der Waals surface area contributed by atoms with E-state index in [1.165, 1.54) is 0 Å². The first kappa shape index (κ1) is 9.70. The van der Waals surface area contributed by atoms with Gasteiger partial charge in [0.1, 0.15) is 0 Å². The Hall–Kier alpha value is -0.300. The second-order valence-corrected chi connectivity index (χ2v) is 3.08. The van der Waals surface area contributed by atoms with Crippen LogP contribution in [0, 0.1) is 0 Å². The van der Waals surface area contributed by atoms with Gasteiger partial charge < -0.3 is 0 Å². The number of halogens is 3. The van der Waals surface area contributed by atoms with Gasteiger partial charge in [0.25, 0.3) is 0 Å². The lowest BCUT2D eigenvalue weighted by Gasteiger charge is -2.11. The maximum atomic E-state index is 11.8. The van der Waals surface area contributed by atoms with Crippen LogP contribution in [0.2, 0.25) is 0 Å².